The van der Waals surface area contributed by atoms with E-state index in [4.69, 9.17) is 0 Å². The van der Waals surface area contributed by atoms with Crippen LogP contribution in [-0.2, 0) is 0 Å². The van der Waals surface area contributed by atoms with Gasteiger partial charge in [0, 0.05) is 0 Å². The van der Waals surface area contributed by atoms with Crippen LogP contribution in [0.4, 0.5) is 0 Å². The summed E-state index contributed by atoms with van der Waals surface area (Å²) in [4.78, 5) is 0. The summed E-state index contributed by atoms with van der Waals surface area (Å²) in [7, 11) is 0. The predicted octanol–water partition coefficient (Wildman–Crippen LogP) is 10.5. The SMILES string of the molecule is N#Cc1cccc(-c2ccccc2-c2ccc3cc(-c4ccc5c6c(cccc46)-c4ccccc4-5)ccc3c2)c1. The summed E-state index contributed by atoms with van der Waals surface area (Å²) in [6.45, 7) is 0. The second kappa shape index (κ2) is 8.80. The Labute approximate surface area is 233 Å². The summed E-state index contributed by atoms with van der Waals surface area (Å²) < 4.78 is 0. The lowest BCUT2D eigenvalue weighted by Crippen LogP contribution is -1.87. The average molecular weight is 506 g/mol. The van der Waals surface area contributed by atoms with Crippen LogP contribution >= 0.6 is 0 Å². The maximum atomic E-state index is 9.40. The second-order valence-electron chi connectivity index (χ2n) is 10.4. The molecule has 0 heterocycles. The highest BCUT2D eigenvalue weighted by molar-refractivity contribution is 6.18. The summed E-state index contributed by atoms with van der Waals surface area (Å²) in [5, 5.41) is 14.5. The van der Waals surface area contributed by atoms with Gasteiger partial charge in [-0.2, -0.15) is 5.26 Å². The third-order valence-corrected chi connectivity index (χ3v) is 8.24. The van der Waals surface area contributed by atoms with Crippen LogP contribution in [-0.4, -0.2) is 0 Å². The van der Waals surface area contributed by atoms with E-state index in [2.05, 4.69) is 127 Å². The Morgan fingerprint density at radius 2 is 0.900 bits per heavy atom. The van der Waals surface area contributed by atoms with Crippen LogP contribution < -0.4 is 0 Å². The van der Waals surface area contributed by atoms with Gasteiger partial charge < -0.3 is 0 Å². The number of hydrogen-bond donors (Lipinski definition) is 0. The topological polar surface area (TPSA) is 23.8 Å². The lowest BCUT2D eigenvalue weighted by molar-refractivity contribution is 1.48. The summed E-state index contributed by atoms with van der Waals surface area (Å²) >= 11 is 0. The molecular weight excluding hydrogens is 482 g/mol. The van der Waals surface area contributed by atoms with Gasteiger partial charge in [0.15, 0.2) is 0 Å². The van der Waals surface area contributed by atoms with Crippen molar-refractivity contribution in [1.29, 1.82) is 5.26 Å². The van der Waals surface area contributed by atoms with E-state index >= 15 is 0 Å². The van der Waals surface area contributed by atoms with Gasteiger partial charge in [0.2, 0.25) is 0 Å². The van der Waals surface area contributed by atoms with Crippen molar-refractivity contribution in [2.45, 2.75) is 0 Å². The van der Waals surface area contributed by atoms with E-state index in [0.29, 0.717) is 5.56 Å². The minimum Gasteiger partial charge on any atom is -0.192 e. The van der Waals surface area contributed by atoms with Crippen LogP contribution in [0.25, 0.3) is 77.2 Å². The lowest BCUT2D eigenvalue weighted by atomic mass is 9.91. The predicted molar refractivity (Wildman–Crippen MR) is 167 cm³/mol. The molecule has 0 unspecified atom stereocenters. The fourth-order valence-electron chi connectivity index (χ4n) is 6.38. The largest absolute Gasteiger partial charge is 0.192 e. The van der Waals surface area contributed by atoms with Crippen LogP contribution in [0.2, 0.25) is 0 Å². The second-order valence-corrected chi connectivity index (χ2v) is 10.4. The Bertz CT molecular complexity index is 2150. The highest BCUT2D eigenvalue weighted by Crippen LogP contribution is 2.49. The van der Waals surface area contributed by atoms with E-state index < -0.39 is 0 Å². The van der Waals surface area contributed by atoms with Crippen molar-refractivity contribution in [2.24, 2.45) is 0 Å². The first-order chi connectivity index (χ1) is 19.8. The van der Waals surface area contributed by atoms with Crippen molar-refractivity contribution in [2.75, 3.05) is 0 Å². The molecule has 1 heteroatoms. The number of hydrogen-bond acceptors (Lipinski definition) is 1. The molecule has 0 aliphatic heterocycles. The molecule has 0 fully saturated rings. The Hall–Kier alpha value is -5.45. The van der Waals surface area contributed by atoms with E-state index in [9.17, 15) is 5.26 Å². The molecule has 0 spiro atoms. The summed E-state index contributed by atoms with van der Waals surface area (Å²) in [6.07, 6.45) is 0. The third kappa shape index (κ3) is 3.40. The molecule has 1 nitrogen and oxygen atoms in total. The molecule has 1 aliphatic carbocycles. The zero-order valence-electron chi connectivity index (χ0n) is 21.7. The summed E-state index contributed by atoms with van der Waals surface area (Å²) in [5.41, 5.74) is 13.0. The molecular formula is C39H23N. The Morgan fingerprint density at radius 3 is 1.57 bits per heavy atom. The normalized spacial score (nSPS) is 11.5. The standard InChI is InChI=1S/C39H23N/c40-24-25-7-5-8-28(21-25)31-9-1-2-10-32(31)29-17-15-27-23-30(18-16-26(27)22-29)33-19-20-38-35-12-4-3-11-34(35)37-14-6-13-36(33)39(37)38/h1-23H. The molecule has 0 amide bonds. The van der Waals surface area contributed by atoms with E-state index in [0.717, 1.165) is 16.7 Å². The van der Waals surface area contributed by atoms with Crippen LogP contribution in [0.1, 0.15) is 5.56 Å². The Balaban J connectivity index is 1.23. The molecule has 1 aliphatic rings. The Morgan fingerprint density at radius 1 is 0.375 bits per heavy atom. The highest BCUT2D eigenvalue weighted by atomic mass is 14.3. The van der Waals surface area contributed by atoms with Gasteiger partial charge in [-0.15, -0.1) is 0 Å². The molecule has 8 rings (SSSR count). The number of rotatable bonds is 3. The third-order valence-electron chi connectivity index (χ3n) is 8.24. The minimum absolute atomic E-state index is 0.672. The molecule has 7 aromatic rings. The monoisotopic (exact) mass is 505 g/mol. The fraction of sp³-hybridized carbons (Fsp3) is 0. The summed E-state index contributed by atoms with van der Waals surface area (Å²) in [5.74, 6) is 0. The first kappa shape index (κ1) is 22.5. The van der Waals surface area contributed by atoms with E-state index in [1.807, 2.05) is 18.2 Å². The van der Waals surface area contributed by atoms with Crippen molar-refractivity contribution in [3.05, 3.63) is 145 Å². The molecule has 0 atom stereocenters. The van der Waals surface area contributed by atoms with Crippen LogP contribution in [0, 0.1) is 11.3 Å². The van der Waals surface area contributed by atoms with E-state index in [1.165, 1.54) is 60.5 Å². The quantitative estimate of drug-likeness (QED) is 0.234. The first-order valence-electron chi connectivity index (χ1n) is 13.6. The molecule has 0 N–H and O–H groups in total. The maximum absolute atomic E-state index is 9.40. The first-order valence-corrected chi connectivity index (χ1v) is 13.6. The van der Waals surface area contributed by atoms with Gasteiger partial charge in [-0.25, -0.2) is 0 Å². The number of benzene rings is 7. The molecule has 0 bridgehead atoms. The van der Waals surface area contributed by atoms with Gasteiger partial charge in [0.1, 0.15) is 0 Å². The zero-order chi connectivity index (χ0) is 26.6. The molecule has 0 saturated heterocycles. The zero-order valence-corrected chi connectivity index (χ0v) is 21.7. The lowest BCUT2D eigenvalue weighted by Gasteiger charge is -2.13. The molecule has 184 valence electrons. The Kier molecular flexibility index (Phi) is 4.96. The number of nitrogens with zero attached hydrogens (tertiary/aromatic N) is 1. The van der Waals surface area contributed by atoms with Gasteiger partial charge in [-0.05, 0) is 101 Å². The molecule has 0 aromatic heterocycles. The van der Waals surface area contributed by atoms with Crippen molar-refractivity contribution in [3.8, 4) is 61.7 Å². The van der Waals surface area contributed by atoms with Crippen molar-refractivity contribution in [3.63, 3.8) is 0 Å². The molecule has 7 aromatic carbocycles. The summed E-state index contributed by atoms with van der Waals surface area (Å²) in [6, 6.07) is 52.0. The van der Waals surface area contributed by atoms with Gasteiger partial charge >= 0.3 is 0 Å². The van der Waals surface area contributed by atoms with Crippen LogP contribution in [0.3, 0.4) is 0 Å². The minimum atomic E-state index is 0.672. The number of nitriles is 1. The van der Waals surface area contributed by atoms with Crippen molar-refractivity contribution < 1.29 is 0 Å². The van der Waals surface area contributed by atoms with Gasteiger partial charge in [0.05, 0.1) is 11.6 Å². The maximum Gasteiger partial charge on any atom is 0.0991 e. The van der Waals surface area contributed by atoms with E-state index in [-0.39, 0.29) is 0 Å². The molecule has 0 radical (unpaired) electrons. The van der Waals surface area contributed by atoms with Crippen molar-refractivity contribution >= 4 is 21.5 Å². The highest BCUT2D eigenvalue weighted by Gasteiger charge is 2.22. The number of fused-ring (bicyclic) bond motifs is 4. The smallest absolute Gasteiger partial charge is 0.0991 e. The fourth-order valence-corrected chi connectivity index (χ4v) is 6.38. The van der Waals surface area contributed by atoms with E-state index in [1.54, 1.807) is 0 Å². The molecule has 40 heavy (non-hydrogen) atoms. The van der Waals surface area contributed by atoms with Crippen LogP contribution in [0.15, 0.2) is 140 Å². The van der Waals surface area contributed by atoms with Crippen molar-refractivity contribution in [1.82, 2.24) is 0 Å². The van der Waals surface area contributed by atoms with Gasteiger partial charge in [-0.1, -0.05) is 115 Å². The molecule has 0 saturated carbocycles. The van der Waals surface area contributed by atoms with Crippen LogP contribution in [0.5, 0.6) is 0 Å². The van der Waals surface area contributed by atoms with Gasteiger partial charge in [-0.3, -0.25) is 0 Å². The van der Waals surface area contributed by atoms with Gasteiger partial charge in [0.25, 0.3) is 0 Å². The average Bonchev–Trinajstić information content (AvgIpc) is 3.36.